The van der Waals surface area contributed by atoms with Crippen LogP contribution in [0.2, 0.25) is 0 Å². The zero-order valence-electron chi connectivity index (χ0n) is 19.1. The molecule has 7 heteroatoms. The number of carbonyl (C=O) groups is 1. The fourth-order valence-electron chi connectivity index (χ4n) is 3.84. The highest BCUT2D eigenvalue weighted by molar-refractivity contribution is 5.97. The van der Waals surface area contributed by atoms with Gasteiger partial charge in [0.25, 0.3) is 0 Å². The first-order chi connectivity index (χ1) is 14.9. The summed E-state index contributed by atoms with van der Waals surface area (Å²) in [6.45, 7) is 3.07. The highest BCUT2D eigenvalue weighted by atomic mass is 16.7. The molecular formula is C24H31NO6. The summed E-state index contributed by atoms with van der Waals surface area (Å²) >= 11 is 0. The molecule has 1 unspecified atom stereocenters. The van der Waals surface area contributed by atoms with Gasteiger partial charge in [-0.05, 0) is 50.2 Å². The topological polar surface area (TPSA) is 66.5 Å². The second-order valence-electron chi connectivity index (χ2n) is 7.90. The summed E-state index contributed by atoms with van der Waals surface area (Å²) in [6, 6.07) is 7.24. The zero-order chi connectivity index (χ0) is 22.5. The summed E-state index contributed by atoms with van der Waals surface area (Å²) in [6.07, 6.45) is 1.11. The standard InChI is InChI=1S/C24H31NO6/c1-15(9-20(26)17-10-18(27-4)13-19(11-17)28-5)22-16(7-8-25(2)3)12-21-23(24(22)29-6)31-14-30-21/h10-13,15H,7-9,14H2,1-6H3. The van der Waals surface area contributed by atoms with Gasteiger partial charge >= 0.3 is 0 Å². The first-order valence-corrected chi connectivity index (χ1v) is 10.3. The van der Waals surface area contributed by atoms with Gasteiger partial charge in [0, 0.05) is 30.2 Å². The Balaban J connectivity index is 1.95. The van der Waals surface area contributed by atoms with E-state index in [0.29, 0.717) is 40.7 Å². The molecule has 0 saturated carbocycles. The number of ketones is 1. The highest BCUT2D eigenvalue weighted by Gasteiger charge is 2.29. The van der Waals surface area contributed by atoms with Crippen LogP contribution < -0.4 is 23.7 Å². The molecule has 3 rings (SSSR count). The number of carbonyl (C=O) groups excluding carboxylic acids is 1. The zero-order valence-corrected chi connectivity index (χ0v) is 19.1. The van der Waals surface area contributed by atoms with Crippen LogP contribution in [0.1, 0.15) is 40.7 Å². The van der Waals surface area contributed by atoms with Gasteiger partial charge in [0.1, 0.15) is 11.5 Å². The number of rotatable bonds is 10. The fourth-order valence-corrected chi connectivity index (χ4v) is 3.84. The number of hydrogen-bond acceptors (Lipinski definition) is 7. The van der Waals surface area contributed by atoms with Gasteiger partial charge in [-0.3, -0.25) is 4.79 Å². The average Bonchev–Trinajstić information content (AvgIpc) is 3.24. The van der Waals surface area contributed by atoms with Crippen molar-refractivity contribution in [1.29, 1.82) is 0 Å². The number of Topliss-reactive ketones (excluding diaryl/α,β-unsaturated/α-hetero) is 1. The van der Waals surface area contributed by atoms with Crippen LogP contribution in [0.25, 0.3) is 0 Å². The Labute approximate surface area is 183 Å². The van der Waals surface area contributed by atoms with E-state index in [1.165, 1.54) is 0 Å². The molecule has 0 fully saturated rings. The van der Waals surface area contributed by atoms with Crippen LogP contribution in [0.3, 0.4) is 0 Å². The van der Waals surface area contributed by atoms with E-state index in [1.54, 1.807) is 39.5 Å². The molecule has 7 nitrogen and oxygen atoms in total. The first kappa shape index (κ1) is 22.7. The maximum atomic E-state index is 13.2. The van der Waals surface area contributed by atoms with E-state index in [4.69, 9.17) is 23.7 Å². The van der Waals surface area contributed by atoms with Crippen LogP contribution in [-0.2, 0) is 6.42 Å². The summed E-state index contributed by atoms with van der Waals surface area (Å²) in [5.74, 6) is 3.02. The Morgan fingerprint density at radius 3 is 2.29 bits per heavy atom. The summed E-state index contributed by atoms with van der Waals surface area (Å²) < 4.78 is 27.6. The number of benzene rings is 2. The Morgan fingerprint density at radius 1 is 1.03 bits per heavy atom. The van der Waals surface area contributed by atoms with Crippen LogP contribution in [-0.4, -0.2) is 59.4 Å². The molecule has 2 aromatic rings. The molecule has 1 aliphatic heterocycles. The van der Waals surface area contributed by atoms with Crippen LogP contribution in [0.4, 0.5) is 0 Å². The van der Waals surface area contributed by atoms with E-state index in [1.807, 2.05) is 27.1 Å². The lowest BCUT2D eigenvalue weighted by Crippen LogP contribution is -2.17. The van der Waals surface area contributed by atoms with E-state index in [2.05, 4.69) is 4.90 Å². The van der Waals surface area contributed by atoms with Gasteiger partial charge in [-0.15, -0.1) is 0 Å². The quantitative estimate of drug-likeness (QED) is 0.530. The van der Waals surface area contributed by atoms with Crippen molar-refractivity contribution < 1.29 is 28.5 Å². The van der Waals surface area contributed by atoms with Gasteiger partial charge in [-0.2, -0.15) is 0 Å². The van der Waals surface area contributed by atoms with E-state index < -0.39 is 0 Å². The Kier molecular flexibility index (Phi) is 7.28. The molecule has 1 heterocycles. The molecule has 0 radical (unpaired) electrons. The van der Waals surface area contributed by atoms with Crippen molar-refractivity contribution in [3.63, 3.8) is 0 Å². The van der Waals surface area contributed by atoms with Gasteiger partial charge in [0.15, 0.2) is 17.3 Å². The molecule has 1 atom stereocenters. The lowest BCUT2D eigenvalue weighted by molar-refractivity contribution is 0.0974. The third kappa shape index (κ3) is 5.05. The maximum Gasteiger partial charge on any atom is 0.231 e. The van der Waals surface area contributed by atoms with Crippen LogP contribution >= 0.6 is 0 Å². The average molecular weight is 430 g/mol. The molecule has 0 aromatic heterocycles. The summed E-state index contributed by atoms with van der Waals surface area (Å²) in [4.78, 5) is 15.3. The number of nitrogens with zero attached hydrogens (tertiary/aromatic N) is 1. The number of likely N-dealkylation sites (N-methyl/N-ethyl adjacent to an activating group) is 1. The van der Waals surface area contributed by atoms with Gasteiger partial charge in [-0.1, -0.05) is 6.92 Å². The first-order valence-electron chi connectivity index (χ1n) is 10.3. The van der Waals surface area contributed by atoms with E-state index in [0.717, 1.165) is 24.1 Å². The Morgan fingerprint density at radius 2 is 1.71 bits per heavy atom. The number of methoxy groups -OCH3 is 3. The van der Waals surface area contributed by atoms with Crippen molar-refractivity contribution in [1.82, 2.24) is 4.90 Å². The number of hydrogen-bond donors (Lipinski definition) is 0. The number of ether oxygens (including phenoxy) is 5. The summed E-state index contributed by atoms with van der Waals surface area (Å²) in [5.41, 5.74) is 2.63. The second-order valence-corrected chi connectivity index (χ2v) is 7.90. The fraction of sp³-hybridized carbons (Fsp3) is 0.458. The smallest absolute Gasteiger partial charge is 0.231 e. The van der Waals surface area contributed by atoms with Gasteiger partial charge in [0.2, 0.25) is 12.5 Å². The van der Waals surface area contributed by atoms with Crippen LogP contribution in [0.5, 0.6) is 28.7 Å². The Hall–Kier alpha value is -2.93. The molecule has 0 bridgehead atoms. The van der Waals surface area contributed by atoms with Crippen LogP contribution in [0.15, 0.2) is 24.3 Å². The molecule has 31 heavy (non-hydrogen) atoms. The van der Waals surface area contributed by atoms with Crippen molar-refractivity contribution in [3.8, 4) is 28.7 Å². The minimum atomic E-state index is -0.0914. The lowest BCUT2D eigenvalue weighted by atomic mass is 9.87. The molecule has 0 amide bonds. The highest BCUT2D eigenvalue weighted by Crippen LogP contribution is 2.48. The molecule has 0 saturated heterocycles. The summed E-state index contributed by atoms with van der Waals surface area (Å²) in [7, 11) is 8.83. The van der Waals surface area contributed by atoms with Gasteiger partial charge in [-0.25, -0.2) is 0 Å². The predicted molar refractivity (Wildman–Crippen MR) is 118 cm³/mol. The molecule has 2 aromatic carbocycles. The SMILES string of the molecule is COc1cc(OC)cc(C(=O)CC(C)c2c(CCN(C)C)cc3c(c2OC)OCO3)c1. The lowest BCUT2D eigenvalue weighted by Gasteiger charge is -2.22. The van der Waals surface area contributed by atoms with Crippen molar-refractivity contribution >= 4 is 5.78 Å². The summed E-state index contributed by atoms with van der Waals surface area (Å²) in [5, 5.41) is 0. The molecule has 0 aliphatic carbocycles. The van der Waals surface area contributed by atoms with Gasteiger partial charge < -0.3 is 28.6 Å². The normalized spacial score (nSPS) is 13.3. The minimum absolute atomic E-state index is 0.00276. The molecular weight excluding hydrogens is 398 g/mol. The molecule has 168 valence electrons. The monoisotopic (exact) mass is 429 g/mol. The van der Waals surface area contributed by atoms with Crippen molar-refractivity contribution in [2.24, 2.45) is 0 Å². The maximum absolute atomic E-state index is 13.2. The van der Waals surface area contributed by atoms with E-state index in [-0.39, 0.29) is 18.5 Å². The largest absolute Gasteiger partial charge is 0.497 e. The molecule has 0 spiro atoms. The minimum Gasteiger partial charge on any atom is -0.497 e. The van der Waals surface area contributed by atoms with Gasteiger partial charge in [0.05, 0.1) is 21.3 Å². The van der Waals surface area contributed by atoms with Crippen molar-refractivity contribution in [3.05, 3.63) is 41.0 Å². The third-order valence-electron chi connectivity index (χ3n) is 5.43. The predicted octanol–water partition coefficient (Wildman–Crippen LogP) is 3.92. The van der Waals surface area contributed by atoms with Crippen LogP contribution in [0, 0.1) is 0 Å². The second kappa shape index (κ2) is 9.92. The van der Waals surface area contributed by atoms with E-state index >= 15 is 0 Å². The van der Waals surface area contributed by atoms with Crippen molar-refractivity contribution in [2.75, 3.05) is 48.8 Å². The number of fused-ring (bicyclic) bond motifs is 1. The molecule has 0 N–H and O–H groups in total. The Bertz CT molecular complexity index is 918. The van der Waals surface area contributed by atoms with E-state index in [9.17, 15) is 4.79 Å². The van der Waals surface area contributed by atoms with Crippen molar-refractivity contribution in [2.45, 2.75) is 25.7 Å². The third-order valence-corrected chi connectivity index (χ3v) is 5.43. The molecule has 1 aliphatic rings.